The van der Waals surface area contributed by atoms with Gasteiger partial charge in [-0.25, -0.2) is 23.6 Å². The van der Waals surface area contributed by atoms with Crippen LogP contribution in [0, 0.1) is 5.82 Å². The largest absolute Gasteiger partial charge is 0.478 e. The number of hydrogen-bond acceptors (Lipinski definition) is 3. The van der Waals surface area contributed by atoms with Gasteiger partial charge in [-0.2, -0.15) is 5.10 Å². The Balaban J connectivity index is 2.61. The predicted molar refractivity (Wildman–Crippen MR) is 51.1 cm³/mol. The smallest absolute Gasteiger partial charge is 0.347 e. The van der Waals surface area contributed by atoms with Gasteiger partial charge in [0.2, 0.25) is 0 Å². The van der Waals surface area contributed by atoms with Crippen molar-refractivity contribution in [3.63, 3.8) is 0 Å². The number of rotatable bonds is 2. The molecule has 0 bridgehead atoms. The fourth-order valence-corrected chi connectivity index (χ4v) is 1.26. The number of carbonyl (C=O) groups is 1. The van der Waals surface area contributed by atoms with Crippen LogP contribution in [0.2, 0.25) is 0 Å². The molecule has 1 heterocycles. The van der Waals surface area contributed by atoms with E-state index < -0.39 is 23.0 Å². The number of carboxylic acids is 1. The van der Waals surface area contributed by atoms with Gasteiger partial charge in [0.25, 0.3) is 0 Å². The summed E-state index contributed by atoms with van der Waals surface area (Å²) in [7, 11) is 0. The molecule has 0 aliphatic carbocycles. The monoisotopic (exact) mass is 223 g/mol. The molecule has 7 heteroatoms. The molecule has 0 unspecified atom stereocenters. The van der Waals surface area contributed by atoms with Crippen molar-refractivity contribution in [1.29, 1.82) is 0 Å². The zero-order chi connectivity index (χ0) is 11.7. The van der Waals surface area contributed by atoms with Gasteiger partial charge in [0.15, 0.2) is 0 Å². The molecule has 0 fully saturated rings. The highest BCUT2D eigenvalue weighted by atomic mass is 19.1. The van der Waals surface area contributed by atoms with Crippen molar-refractivity contribution in [2.75, 3.05) is 0 Å². The number of aromatic carboxylic acids is 1. The summed E-state index contributed by atoms with van der Waals surface area (Å²) in [6.45, 7) is 0. The average molecular weight is 223 g/mol. The third-order valence-electron chi connectivity index (χ3n) is 2.01. The maximum absolute atomic E-state index is 13.1. The lowest BCUT2D eigenvalue weighted by molar-refractivity contribution is 0.0692. The van der Waals surface area contributed by atoms with Crippen LogP contribution >= 0.6 is 0 Å². The minimum atomic E-state index is -1.39. The van der Waals surface area contributed by atoms with Gasteiger partial charge in [0.1, 0.15) is 12.1 Å². The molecular formula is C9H6FN3O3. The van der Waals surface area contributed by atoms with Crippen LogP contribution in [0.3, 0.4) is 0 Å². The van der Waals surface area contributed by atoms with Gasteiger partial charge in [0, 0.05) is 0 Å². The summed E-state index contributed by atoms with van der Waals surface area (Å²) in [5.41, 5.74) is -0.786. The van der Waals surface area contributed by atoms with Crippen molar-refractivity contribution in [1.82, 2.24) is 14.8 Å². The molecule has 0 aliphatic heterocycles. The molecular weight excluding hydrogens is 217 g/mol. The first-order valence-electron chi connectivity index (χ1n) is 4.25. The van der Waals surface area contributed by atoms with Crippen molar-refractivity contribution < 1.29 is 14.3 Å². The number of H-pyrrole nitrogens is 1. The van der Waals surface area contributed by atoms with Crippen molar-refractivity contribution in [3.05, 3.63) is 46.4 Å². The van der Waals surface area contributed by atoms with Crippen LogP contribution in [0.4, 0.5) is 4.39 Å². The van der Waals surface area contributed by atoms with E-state index >= 15 is 0 Å². The second-order valence-electron chi connectivity index (χ2n) is 3.00. The summed E-state index contributed by atoms with van der Waals surface area (Å²) in [6.07, 6.45) is 1.18. The van der Waals surface area contributed by atoms with Gasteiger partial charge in [0.05, 0.1) is 11.3 Å². The molecule has 2 rings (SSSR count). The maximum Gasteiger partial charge on any atom is 0.347 e. The molecule has 0 aliphatic rings. The second-order valence-corrected chi connectivity index (χ2v) is 3.00. The van der Waals surface area contributed by atoms with E-state index in [1.807, 2.05) is 0 Å². The molecule has 0 spiro atoms. The van der Waals surface area contributed by atoms with Crippen molar-refractivity contribution in [3.8, 4) is 5.69 Å². The third-order valence-corrected chi connectivity index (χ3v) is 2.01. The Labute approximate surface area is 88.0 Å². The standard InChI is InChI=1S/C9H6FN3O3/c10-7-2-1-5(3-6(7)8(14)15)13-4-11-12-9(13)16/h1-4H,(H,12,16)(H,14,15). The van der Waals surface area contributed by atoms with Crippen molar-refractivity contribution in [2.24, 2.45) is 0 Å². The Hall–Kier alpha value is -2.44. The molecule has 2 aromatic rings. The zero-order valence-electron chi connectivity index (χ0n) is 7.85. The van der Waals surface area contributed by atoms with Gasteiger partial charge in [-0.3, -0.25) is 0 Å². The summed E-state index contributed by atoms with van der Waals surface area (Å²) in [6, 6.07) is 3.34. The Bertz CT molecular complexity index is 602. The second kappa shape index (κ2) is 3.61. The minimum absolute atomic E-state index is 0.234. The Morgan fingerprint density at radius 2 is 2.25 bits per heavy atom. The highest BCUT2D eigenvalue weighted by Gasteiger charge is 2.12. The minimum Gasteiger partial charge on any atom is -0.478 e. The molecule has 0 saturated heterocycles. The van der Waals surface area contributed by atoms with Gasteiger partial charge in [-0.1, -0.05) is 0 Å². The number of nitrogens with one attached hydrogen (secondary N) is 1. The molecule has 0 amide bonds. The molecule has 1 aromatic heterocycles. The van der Waals surface area contributed by atoms with E-state index in [1.54, 1.807) is 0 Å². The summed E-state index contributed by atoms with van der Waals surface area (Å²) in [5, 5.41) is 14.3. The molecule has 0 atom stereocenters. The van der Waals surface area contributed by atoms with Crippen LogP contribution in [-0.4, -0.2) is 25.8 Å². The van der Waals surface area contributed by atoms with Crippen LogP contribution in [0.15, 0.2) is 29.3 Å². The third kappa shape index (κ3) is 1.58. The summed E-state index contributed by atoms with van der Waals surface area (Å²) >= 11 is 0. The molecule has 16 heavy (non-hydrogen) atoms. The fraction of sp³-hybridized carbons (Fsp3) is 0. The quantitative estimate of drug-likeness (QED) is 0.771. The summed E-state index contributed by atoms with van der Waals surface area (Å²) in [5.74, 6) is -2.25. The van der Waals surface area contributed by atoms with Gasteiger partial charge in [-0.15, -0.1) is 0 Å². The van der Waals surface area contributed by atoms with E-state index in [-0.39, 0.29) is 5.69 Å². The number of hydrogen-bond donors (Lipinski definition) is 2. The normalized spacial score (nSPS) is 10.3. The molecule has 0 saturated carbocycles. The molecule has 82 valence electrons. The first kappa shape index (κ1) is 10.1. The van der Waals surface area contributed by atoms with Crippen LogP contribution in [0.25, 0.3) is 5.69 Å². The summed E-state index contributed by atoms with van der Waals surface area (Å²) in [4.78, 5) is 21.9. The first-order valence-corrected chi connectivity index (χ1v) is 4.25. The number of halogens is 1. The van der Waals surface area contributed by atoms with Gasteiger partial charge in [-0.05, 0) is 18.2 Å². The fourth-order valence-electron chi connectivity index (χ4n) is 1.26. The predicted octanol–water partition coefficient (Wildman–Crippen LogP) is 0.398. The van der Waals surface area contributed by atoms with E-state index in [1.165, 1.54) is 12.4 Å². The molecule has 0 radical (unpaired) electrons. The van der Waals surface area contributed by atoms with Crippen LogP contribution in [-0.2, 0) is 0 Å². The van der Waals surface area contributed by atoms with E-state index in [4.69, 9.17) is 5.11 Å². The van der Waals surface area contributed by atoms with E-state index in [2.05, 4.69) is 10.2 Å². The SMILES string of the molecule is O=C(O)c1cc(-n2cn[nH]c2=O)ccc1F. The zero-order valence-corrected chi connectivity index (χ0v) is 7.85. The summed E-state index contributed by atoms with van der Waals surface area (Å²) < 4.78 is 14.1. The van der Waals surface area contributed by atoms with Gasteiger partial charge < -0.3 is 5.11 Å². The molecule has 2 N–H and O–H groups in total. The van der Waals surface area contributed by atoms with Crippen LogP contribution in [0.5, 0.6) is 0 Å². The highest BCUT2D eigenvalue weighted by Crippen LogP contribution is 2.12. The van der Waals surface area contributed by atoms with Crippen molar-refractivity contribution in [2.45, 2.75) is 0 Å². The Morgan fingerprint density at radius 3 is 2.81 bits per heavy atom. The van der Waals surface area contributed by atoms with E-state index in [0.29, 0.717) is 0 Å². The Morgan fingerprint density at radius 1 is 1.50 bits per heavy atom. The lowest BCUT2D eigenvalue weighted by Crippen LogP contribution is -2.15. The van der Waals surface area contributed by atoms with Crippen LogP contribution < -0.4 is 5.69 Å². The van der Waals surface area contributed by atoms with Crippen molar-refractivity contribution >= 4 is 5.97 Å². The highest BCUT2D eigenvalue weighted by molar-refractivity contribution is 5.88. The topological polar surface area (TPSA) is 88.0 Å². The van der Waals surface area contributed by atoms with E-state index in [9.17, 15) is 14.0 Å². The number of carboxylic acid groups (broad SMARTS) is 1. The maximum atomic E-state index is 13.1. The lowest BCUT2D eigenvalue weighted by atomic mass is 10.2. The number of benzene rings is 1. The molecule has 6 nitrogen and oxygen atoms in total. The first-order chi connectivity index (χ1) is 7.59. The lowest BCUT2D eigenvalue weighted by Gasteiger charge is -2.02. The molecule has 1 aromatic carbocycles. The average Bonchev–Trinajstić information content (AvgIpc) is 2.65. The Kier molecular flexibility index (Phi) is 2.28. The van der Waals surface area contributed by atoms with Crippen LogP contribution in [0.1, 0.15) is 10.4 Å². The number of nitrogens with zero attached hydrogens (tertiary/aromatic N) is 2. The number of aromatic nitrogens is 3. The number of aromatic amines is 1. The van der Waals surface area contributed by atoms with E-state index in [0.717, 1.165) is 16.7 Å². The van der Waals surface area contributed by atoms with Gasteiger partial charge >= 0.3 is 11.7 Å².